The Morgan fingerprint density at radius 3 is 2.87 bits per heavy atom. The molecule has 0 atom stereocenters. The van der Waals surface area contributed by atoms with E-state index in [1.807, 2.05) is 28.8 Å². The highest BCUT2D eigenvalue weighted by Crippen LogP contribution is 2.14. The van der Waals surface area contributed by atoms with Gasteiger partial charge in [0.1, 0.15) is 12.1 Å². The Balaban J connectivity index is 2.28. The number of imidazole rings is 1. The van der Waals surface area contributed by atoms with Gasteiger partial charge in [-0.05, 0) is 18.2 Å². The molecule has 0 saturated heterocycles. The van der Waals surface area contributed by atoms with Gasteiger partial charge < -0.3 is 0 Å². The Bertz CT molecular complexity index is 586. The zero-order valence-corrected chi connectivity index (χ0v) is 7.91. The van der Waals surface area contributed by atoms with Crippen molar-refractivity contribution >= 4 is 11.0 Å². The first kappa shape index (κ1) is 8.11. The molecule has 15 heavy (non-hydrogen) atoms. The molecule has 0 fully saturated rings. The Morgan fingerprint density at radius 1 is 1.00 bits per heavy atom. The molecule has 3 heterocycles. The lowest BCUT2D eigenvalue weighted by molar-refractivity contribution is 1.02. The second-order valence-corrected chi connectivity index (χ2v) is 3.17. The Labute approximate surface area is 86.2 Å². The molecule has 3 aromatic heterocycles. The second kappa shape index (κ2) is 3.16. The second-order valence-electron chi connectivity index (χ2n) is 3.17. The van der Waals surface area contributed by atoms with Crippen molar-refractivity contribution in [3.05, 3.63) is 49.2 Å². The quantitative estimate of drug-likeness (QED) is 0.596. The van der Waals surface area contributed by atoms with Gasteiger partial charge in [-0.25, -0.2) is 9.97 Å². The van der Waals surface area contributed by atoms with E-state index < -0.39 is 0 Å². The number of aromatic nitrogens is 4. The average molecular weight is 196 g/mol. The Morgan fingerprint density at radius 2 is 2.00 bits per heavy atom. The van der Waals surface area contributed by atoms with E-state index in [0.717, 1.165) is 16.9 Å². The van der Waals surface area contributed by atoms with Gasteiger partial charge in [0.25, 0.3) is 0 Å². The summed E-state index contributed by atoms with van der Waals surface area (Å²) in [5, 5.41) is 0. The molecular weight excluding hydrogens is 188 g/mol. The molecule has 4 nitrogen and oxygen atoms in total. The summed E-state index contributed by atoms with van der Waals surface area (Å²) >= 11 is 0. The number of pyridine rings is 2. The summed E-state index contributed by atoms with van der Waals surface area (Å²) in [6.07, 6.45) is 7.04. The van der Waals surface area contributed by atoms with Crippen molar-refractivity contribution in [3.63, 3.8) is 0 Å². The molecule has 72 valence electrons. The van der Waals surface area contributed by atoms with Gasteiger partial charge in [0, 0.05) is 12.4 Å². The van der Waals surface area contributed by atoms with Crippen molar-refractivity contribution in [2.75, 3.05) is 0 Å². The van der Waals surface area contributed by atoms with Crippen LogP contribution in [0.3, 0.4) is 0 Å². The van der Waals surface area contributed by atoms with Gasteiger partial charge in [-0.3, -0.25) is 9.55 Å². The molecule has 0 radical (unpaired) electrons. The summed E-state index contributed by atoms with van der Waals surface area (Å²) in [6.45, 7) is 0. The standard InChI is InChI=1S/C11H8N4/c1-2-5-13-11(3-1)15-8-14-9-4-6-12-7-10(9)15/h1-8H. The molecular formula is C11H8N4. The first-order valence-electron chi connectivity index (χ1n) is 4.63. The lowest BCUT2D eigenvalue weighted by Crippen LogP contribution is -1.94. The van der Waals surface area contributed by atoms with Gasteiger partial charge in [-0.1, -0.05) is 6.07 Å². The smallest absolute Gasteiger partial charge is 0.138 e. The molecule has 0 bridgehead atoms. The van der Waals surface area contributed by atoms with Gasteiger partial charge in [-0.15, -0.1) is 0 Å². The average Bonchev–Trinajstić information content (AvgIpc) is 2.74. The monoisotopic (exact) mass is 196 g/mol. The molecule has 0 amide bonds. The maximum atomic E-state index is 4.28. The first-order chi connectivity index (χ1) is 7.45. The molecule has 0 aliphatic carbocycles. The van der Waals surface area contributed by atoms with Crippen LogP contribution in [0.1, 0.15) is 0 Å². The van der Waals surface area contributed by atoms with E-state index in [-0.39, 0.29) is 0 Å². The highest BCUT2D eigenvalue weighted by Gasteiger charge is 2.03. The minimum Gasteiger partial charge on any atom is -0.281 e. The fraction of sp³-hybridized carbons (Fsp3) is 0. The molecule has 0 aromatic carbocycles. The number of hydrogen-bond acceptors (Lipinski definition) is 3. The third-order valence-corrected chi connectivity index (χ3v) is 2.25. The van der Waals surface area contributed by atoms with Crippen molar-refractivity contribution in [3.8, 4) is 5.82 Å². The summed E-state index contributed by atoms with van der Waals surface area (Å²) in [5.41, 5.74) is 1.90. The number of rotatable bonds is 1. The molecule has 4 heteroatoms. The summed E-state index contributed by atoms with van der Waals surface area (Å²) < 4.78 is 1.92. The van der Waals surface area contributed by atoms with E-state index in [2.05, 4.69) is 15.0 Å². The van der Waals surface area contributed by atoms with E-state index >= 15 is 0 Å². The van der Waals surface area contributed by atoms with Gasteiger partial charge in [0.2, 0.25) is 0 Å². The SMILES string of the molecule is c1ccc(-n2cnc3ccncc32)nc1. The largest absolute Gasteiger partial charge is 0.281 e. The first-order valence-corrected chi connectivity index (χ1v) is 4.63. The molecule has 3 aromatic rings. The van der Waals surface area contributed by atoms with E-state index in [0.29, 0.717) is 0 Å². The van der Waals surface area contributed by atoms with Crippen LogP contribution in [0.25, 0.3) is 16.9 Å². The lowest BCUT2D eigenvalue weighted by Gasteiger charge is -2.00. The van der Waals surface area contributed by atoms with Crippen molar-refractivity contribution in [2.45, 2.75) is 0 Å². The van der Waals surface area contributed by atoms with E-state index in [4.69, 9.17) is 0 Å². The van der Waals surface area contributed by atoms with Crippen LogP contribution in [0.5, 0.6) is 0 Å². The molecule has 0 aliphatic rings. The van der Waals surface area contributed by atoms with Gasteiger partial charge in [0.15, 0.2) is 0 Å². The zero-order valence-electron chi connectivity index (χ0n) is 7.91. The van der Waals surface area contributed by atoms with E-state index in [1.165, 1.54) is 0 Å². The number of fused-ring (bicyclic) bond motifs is 1. The topological polar surface area (TPSA) is 43.6 Å². The van der Waals surface area contributed by atoms with Crippen molar-refractivity contribution < 1.29 is 0 Å². The van der Waals surface area contributed by atoms with Crippen LogP contribution < -0.4 is 0 Å². The molecule has 0 aliphatic heterocycles. The highest BCUT2D eigenvalue weighted by molar-refractivity contribution is 5.75. The third-order valence-electron chi connectivity index (χ3n) is 2.25. The van der Waals surface area contributed by atoms with Crippen LogP contribution >= 0.6 is 0 Å². The minimum absolute atomic E-state index is 0.855. The molecule has 0 spiro atoms. The van der Waals surface area contributed by atoms with Crippen LogP contribution in [0.4, 0.5) is 0 Å². The maximum absolute atomic E-state index is 4.28. The van der Waals surface area contributed by atoms with Crippen LogP contribution in [0.2, 0.25) is 0 Å². The van der Waals surface area contributed by atoms with Crippen LogP contribution in [-0.2, 0) is 0 Å². The maximum Gasteiger partial charge on any atom is 0.138 e. The summed E-state index contributed by atoms with van der Waals surface area (Å²) in [6, 6.07) is 7.66. The van der Waals surface area contributed by atoms with Gasteiger partial charge in [-0.2, -0.15) is 0 Å². The van der Waals surface area contributed by atoms with Crippen molar-refractivity contribution in [2.24, 2.45) is 0 Å². The Kier molecular flexibility index (Phi) is 1.71. The minimum atomic E-state index is 0.855. The third kappa shape index (κ3) is 1.27. The number of nitrogens with zero attached hydrogens (tertiary/aromatic N) is 4. The lowest BCUT2D eigenvalue weighted by atomic mass is 10.4. The predicted octanol–water partition coefficient (Wildman–Crippen LogP) is 1.82. The van der Waals surface area contributed by atoms with Gasteiger partial charge in [0.05, 0.1) is 17.2 Å². The molecule has 0 saturated carbocycles. The molecule has 3 rings (SSSR count). The van der Waals surface area contributed by atoms with Gasteiger partial charge >= 0.3 is 0 Å². The zero-order chi connectivity index (χ0) is 10.1. The fourth-order valence-corrected chi connectivity index (χ4v) is 1.53. The van der Waals surface area contributed by atoms with Crippen molar-refractivity contribution in [1.29, 1.82) is 0 Å². The highest BCUT2D eigenvalue weighted by atomic mass is 15.1. The van der Waals surface area contributed by atoms with Crippen LogP contribution in [0.15, 0.2) is 49.2 Å². The van der Waals surface area contributed by atoms with Crippen molar-refractivity contribution in [1.82, 2.24) is 19.5 Å². The summed E-state index contributed by atoms with van der Waals surface area (Å²) in [5.74, 6) is 0.855. The normalized spacial score (nSPS) is 10.7. The summed E-state index contributed by atoms with van der Waals surface area (Å²) in [4.78, 5) is 12.6. The fourth-order valence-electron chi connectivity index (χ4n) is 1.53. The van der Waals surface area contributed by atoms with Crippen LogP contribution in [-0.4, -0.2) is 19.5 Å². The Hall–Kier alpha value is -2.23. The van der Waals surface area contributed by atoms with E-state index in [1.54, 1.807) is 24.9 Å². The summed E-state index contributed by atoms with van der Waals surface area (Å²) in [7, 11) is 0. The molecule has 0 unspecified atom stereocenters. The van der Waals surface area contributed by atoms with E-state index in [9.17, 15) is 0 Å². The molecule has 0 N–H and O–H groups in total. The van der Waals surface area contributed by atoms with Crippen LogP contribution in [0, 0.1) is 0 Å². The predicted molar refractivity (Wildman–Crippen MR) is 56.7 cm³/mol. The number of hydrogen-bond donors (Lipinski definition) is 0.